The fourth-order valence-corrected chi connectivity index (χ4v) is 4.81. The van der Waals surface area contributed by atoms with Crippen molar-refractivity contribution in [2.45, 2.75) is 58.7 Å². The van der Waals surface area contributed by atoms with Crippen LogP contribution in [0.25, 0.3) is 10.8 Å². The molecule has 182 valence electrons. The largest absolute Gasteiger partial charge is 0.352 e. The number of carbonyl (C=O) groups excluding carboxylic acids is 3. The number of anilines is 1. The highest BCUT2D eigenvalue weighted by molar-refractivity contribution is 6.25. The summed E-state index contributed by atoms with van der Waals surface area (Å²) in [5.74, 6) is -0.237. The molecular formula is C29H33N3O3. The standard InChI is InChI=1S/C29H33N3O3/c1-4-24(28(34)30-20(2)3)32(19-21-11-6-5-7-12-21)26(33)17-10-18-31-25-16-9-14-22-13-8-15-23(27(22)25)29(31)35/h5-9,11-16,20,24H,4,10,17-19H2,1-3H3,(H,30,34)/t24-/m0/s1. The molecule has 3 amide bonds. The summed E-state index contributed by atoms with van der Waals surface area (Å²) >= 11 is 0. The van der Waals surface area contributed by atoms with Gasteiger partial charge in [-0.25, -0.2) is 0 Å². The van der Waals surface area contributed by atoms with Crippen molar-refractivity contribution in [2.24, 2.45) is 0 Å². The highest BCUT2D eigenvalue weighted by Gasteiger charge is 2.31. The van der Waals surface area contributed by atoms with Gasteiger partial charge in [-0.15, -0.1) is 0 Å². The molecule has 4 rings (SSSR count). The van der Waals surface area contributed by atoms with Crippen LogP contribution in [0.1, 0.15) is 56.0 Å². The van der Waals surface area contributed by atoms with Crippen LogP contribution >= 0.6 is 0 Å². The minimum absolute atomic E-state index is 0.00394. The first-order valence-electron chi connectivity index (χ1n) is 12.4. The summed E-state index contributed by atoms with van der Waals surface area (Å²) < 4.78 is 0. The van der Waals surface area contributed by atoms with Crippen LogP contribution in [0.3, 0.4) is 0 Å². The molecule has 3 aromatic rings. The van der Waals surface area contributed by atoms with E-state index < -0.39 is 6.04 Å². The number of benzene rings is 3. The van der Waals surface area contributed by atoms with Gasteiger partial charge in [-0.3, -0.25) is 14.4 Å². The van der Waals surface area contributed by atoms with Crippen LogP contribution in [0.2, 0.25) is 0 Å². The van der Waals surface area contributed by atoms with E-state index in [1.807, 2.05) is 87.5 Å². The lowest BCUT2D eigenvalue weighted by molar-refractivity contribution is -0.141. The Balaban J connectivity index is 1.47. The van der Waals surface area contributed by atoms with Crippen molar-refractivity contribution in [3.05, 3.63) is 77.9 Å². The van der Waals surface area contributed by atoms with E-state index >= 15 is 0 Å². The van der Waals surface area contributed by atoms with Crippen molar-refractivity contribution in [1.29, 1.82) is 0 Å². The normalized spacial score (nSPS) is 13.4. The van der Waals surface area contributed by atoms with Gasteiger partial charge in [0.15, 0.2) is 0 Å². The number of hydrogen-bond donors (Lipinski definition) is 1. The van der Waals surface area contributed by atoms with Crippen molar-refractivity contribution in [3.63, 3.8) is 0 Å². The summed E-state index contributed by atoms with van der Waals surface area (Å²) in [4.78, 5) is 42.9. The molecule has 1 atom stereocenters. The van der Waals surface area contributed by atoms with E-state index in [0.29, 0.717) is 31.5 Å². The van der Waals surface area contributed by atoms with Crippen molar-refractivity contribution in [2.75, 3.05) is 11.4 Å². The molecule has 35 heavy (non-hydrogen) atoms. The fourth-order valence-electron chi connectivity index (χ4n) is 4.81. The van der Waals surface area contributed by atoms with Crippen LogP contribution < -0.4 is 10.2 Å². The molecular weight excluding hydrogens is 438 g/mol. The number of hydrogen-bond acceptors (Lipinski definition) is 3. The molecule has 6 nitrogen and oxygen atoms in total. The smallest absolute Gasteiger partial charge is 0.258 e. The maximum Gasteiger partial charge on any atom is 0.258 e. The minimum Gasteiger partial charge on any atom is -0.352 e. The Morgan fingerprint density at radius 2 is 1.69 bits per heavy atom. The zero-order chi connectivity index (χ0) is 24.9. The molecule has 3 aromatic carbocycles. The molecule has 0 spiro atoms. The summed E-state index contributed by atoms with van der Waals surface area (Å²) in [6.45, 7) is 6.58. The second-order valence-electron chi connectivity index (χ2n) is 9.34. The number of carbonyl (C=O) groups is 3. The zero-order valence-corrected chi connectivity index (χ0v) is 20.7. The lowest BCUT2D eigenvalue weighted by Gasteiger charge is -2.31. The van der Waals surface area contributed by atoms with Gasteiger partial charge in [-0.1, -0.05) is 61.5 Å². The third kappa shape index (κ3) is 5.21. The minimum atomic E-state index is -0.545. The van der Waals surface area contributed by atoms with E-state index in [1.165, 1.54) is 0 Å². The van der Waals surface area contributed by atoms with Crippen LogP contribution in [-0.2, 0) is 16.1 Å². The Morgan fingerprint density at radius 1 is 0.971 bits per heavy atom. The first-order chi connectivity index (χ1) is 16.9. The molecule has 0 aliphatic carbocycles. The Bertz CT molecular complexity index is 1220. The van der Waals surface area contributed by atoms with Crippen molar-refractivity contribution in [1.82, 2.24) is 10.2 Å². The van der Waals surface area contributed by atoms with Crippen LogP contribution in [0.5, 0.6) is 0 Å². The van der Waals surface area contributed by atoms with Crippen LogP contribution in [-0.4, -0.2) is 41.2 Å². The van der Waals surface area contributed by atoms with Crippen LogP contribution in [0.15, 0.2) is 66.7 Å². The summed E-state index contributed by atoms with van der Waals surface area (Å²) in [7, 11) is 0. The average Bonchev–Trinajstić information content (AvgIpc) is 3.12. The topological polar surface area (TPSA) is 69.7 Å². The third-order valence-corrected chi connectivity index (χ3v) is 6.43. The van der Waals surface area contributed by atoms with Crippen molar-refractivity contribution >= 4 is 34.2 Å². The van der Waals surface area contributed by atoms with E-state index in [9.17, 15) is 14.4 Å². The van der Waals surface area contributed by atoms with Gasteiger partial charge in [0.05, 0.1) is 5.69 Å². The predicted molar refractivity (Wildman–Crippen MR) is 139 cm³/mol. The second-order valence-corrected chi connectivity index (χ2v) is 9.34. The number of rotatable bonds is 10. The van der Waals surface area contributed by atoms with Gasteiger partial charge >= 0.3 is 0 Å². The maximum absolute atomic E-state index is 13.4. The van der Waals surface area contributed by atoms with Gasteiger partial charge < -0.3 is 15.1 Å². The highest BCUT2D eigenvalue weighted by atomic mass is 16.2. The van der Waals surface area contributed by atoms with Crippen LogP contribution in [0, 0.1) is 0 Å². The maximum atomic E-state index is 13.4. The number of nitrogens with zero attached hydrogens (tertiary/aromatic N) is 2. The molecule has 0 radical (unpaired) electrons. The Kier molecular flexibility index (Phi) is 7.49. The first kappa shape index (κ1) is 24.5. The van der Waals surface area contributed by atoms with Gasteiger partial charge in [-0.2, -0.15) is 0 Å². The van der Waals surface area contributed by atoms with Gasteiger partial charge in [0, 0.05) is 36.5 Å². The first-order valence-corrected chi connectivity index (χ1v) is 12.4. The van der Waals surface area contributed by atoms with E-state index in [1.54, 1.807) is 9.80 Å². The summed E-state index contributed by atoms with van der Waals surface area (Å²) in [5, 5.41) is 4.98. The lowest BCUT2D eigenvalue weighted by Crippen LogP contribution is -2.50. The molecule has 6 heteroatoms. The van der Waals surface area contributed by atoms with E-state index in [2.05, 4.69) is 5.32 Å². The predicted octanol–water partition coefficient (Wildman–Crippen LogP) is 4.91. The molecule has 0 bridgehead atoms. The zero-order valence-electron chi connectivity index (χ0n) is 20.7. The molecule has 1 N–H and O–H groups in total. The molecule has 1 aliphatic rings. The quantitative estimate of drug-likeness (QED) is 0.457. The highest BCUT2D eigenvalue weighted by Crippen LogP contribution is 2.37. The van der Waals surface area contributed by atoms with E-state index in [4.69, 9.17) is 0 Å². The number of amides is 3. The Labute approximate surface area is 206 Å². The summed E-state index contributed by atoms with van der Waals surface area (Å²) in [5.41, 5.74) is 2.60. The molecule has 0 fully saturated rings. The molecule has 0 saturated heterocycles. The van der Waals surface area contributed by atoms with Gasteiger partial charge in [0.25, 0.3) is 5.91 Å². The van der Waals surface area contributed by atoms with Gasteiger partial charge in [0.2, 0.25) is 11.8 Å². The fraction of sp³-hybridized carbons (Fsp3) is 0.345. The Hall–Kier alpha value is -3.67. The van der Waals surface area contributed by atoms with Gasteiger partial charge in [-0.05, 0) is 49.8 Å². The molecule has 1 aliphatic heterocycles. The van der Waals surface area contributed by atoms with Crippen molar-refractivity contribution in [3.8, 4) is 0 Å². The second kappa shape index (κ2) is 10.7. The molecule has 0 aromatic heterocycles. The summed E-state index contributed by atoms with van der Waals surface area (Å²) in [6, 6.07) is 20.9. The monoisotopic (exact) mass is 471 g/mol. The van der Waals surface area contributed by atoms with Gasteiger partial charge in [0.1, 0.15) is 6.04 Å². The average molecular weight is 472 g/mol. The van der Waals surface area contributed by atoms with E-state index in [0.717, 1.165) is 22.0 Å². The summed E-state index contributed by atoms with van der Waals surface area (Å²) in [6.07, 6.45) is 1.30. The third-order valence-electron chi connectivity index (χ3n) is 6.43. The molecule has 0 saturated carbocycles. The van der Waals surface area contributed by atoms with Crippen LogP contribution in [0.4, 0.5) is 5.69 Å². The molecule has 1 heterocycles. The SMILES string of the molecule is CC[C@@H](C(=O)NC(C)C)N(Cc1ccccc1)C(=O)CCCN1C(=O)c2cccc3cccc1c23. The lowest BCUT2D eigenvalue weighted by atomic mass is 10.1. The molecule has 0 unspecified atom stereocenters. The van der Waals surface area contributed by atoms with E-state index in [-0.39, 0.29) is 30.2 Å². The van der Waals surface area contributed by atoms with Crippen molar-refractivity contribution < 1.29 is 14.4 Å². The number of nitrogens with one attached hydrogen (secondary N) is 1. The Morgan fingerprint density at radius 3 is 2.37 bits per heavy atom.